The summed E-state index contributed by atoms with van der Waals surface area (Å²) in [6.45, 7) is 0. The summed E-state index contributed by atoms with van der Waals surface area (Å²) in [4.78, 5) is 32.3. The second-order valence-electron chi connectivity index (χ2n) is 3.50. The number of carbonyl (C=O) groups excluding carboxylic acids is 1. The van der Waals surface area contributed by atoms with E-state index in [4.69, 9.17) is 5.11 Å². The van der Waals surface area contributed by atoms with E-state index < -0.39 is 23.0 Å². The second kappa shape index (κ2) is 3.85. The molecule has 17 heavy (non-hydrogen) atoms. The van der Waals surface area contributed by atoms with E-state index in [-0.39, 0.29) is 17.7 Å². The molecule has 0 radical (unpaired) electrons. The van der Waals surface area contributed by atoms with Gasteiger partial charge in [0.1, 0.15) is 5.56 Å². The minimum absolute atomic E-state index is 0.0575. The van der Waals surface area contributed by atoms with E-state index in [0.29, 0.717) is 5.56 Å². The Hall–Kier alpha value is -2.44. The van der Waals surface area contributed by atoms with E-state index in [1.807, 2.05) is 0 Å². The molecular weight excluding hydrogens is 230 g/mol. The number of hydrogen-bond acceptors (Lipinski definition) is 5. The number of nitrogens with zero attached hydrogens (tertiary/aromatic N) is 1. The van der Waals surface area contributed by atoms with Crippen LogP contribution in [0.5, 0.6) is 0 Å². The number of ether oxygens (including phenoxy) is 1. The van der Waals surface area contributed by atoms with Gasteiger partial charge in [-0.3, -0.25) is 10.1 Å². The fourth-order valence-electron chi connectivity index (χ4n) is 1.71. The third kappa shape index (κ3) is 1.82. The number of rotatable bonds is 2. The van der Waals surface area contributed by atoms with Crippen molar-refractivity contribution in [2.45, 2.75) is 12.5 Å². The molecular formula is C10H7NO6. The van der Waals surface area contributed by atoms with Gasteiger partial charge < -0.3 is 9.84 Å². The number of fused-ring (bicyclic) bond motifs is 1. The number of nitro groups is 1. The summed E-state index contributed by atoms with van der Waals surface area (Å²) in [6.07, 6.45) is -1.34. The van der Waals surface area contributed by atoms with Crippen LogP contribution in [-0.2, 0) is 16.0 Å². The third-order valence-corrected chi connectivity index (χ3v) is 2.46. The number of carboxylic acid groups (broad SMARTS) is 1. The molecule has 0 amide bonds. The SMILES string of the molecule is O=C1OC(C(=O)O)Cc2cccc([N+](=O)[O-])c21. The van der Waals surface area contributed by atoms with Crippen molar-refractivity contribution in [3.05, 3.63) is 39.4 Å². The number of carbonyl (C=O) groups is 2. The van der Waals surface area contributed by atoms with Gasteiger partial charge in [-0.2, -0.15) is 0 Å². The van der Waals surface area contributed by atoms with E-state index in [2.05, 4.69) is 4.74 Å². The molecule has 1 heterocycles. The number of carboxylic acids is 1. The lowest BCUT2D eigenvalue weighted by atomic mass is 9.97. The quantitative estimate of drug-likeness (QED) is 0.462. The third-order valence-electron chi connectivity index (χ3n) is 2.46. The van der Waals surface area contributed by atoms with Crippen LogP contribution in [0.4, 0.5) is 5.69 Å². The molecule has 0 spiro atoms. The number of hydrogen-bond donors (Lipinski definition) is 1. The van der Waals surface area contributed by atoms with Crippen LogP contribution < -0.4 is 0 Å². The molecule has 1 aromatic rings. The summed E-state index contributed by atoms with van der Waals surface area (Å²) in [5.41, 5.74) is -0.200. The topological polar surface area (TPSA) is 107 Å². The van der Waals surface area contributed by atoms with Crippen molar-refractivity contribution >= 4 is 17.6 Å². The molecule has 88 valence electrons. The second-order valence-corrected chi connectivity index (χ2v) is 3.50. The van der Waals surface area contributed by atoms with E-state index >= 15 is 0 Å². The highest BCUT2D eigenvalue weighted by atomic mass is 16.6. The van der Waals surface area contributed by atoms with Crippen molar-refractivity contribution in [2.75, 3.05) is 0 Å². The lowest BCUT2D eigenvalue weighted by Crippen LogP contribution is -2.34. The maximum Gasteiger partial charge on any atom is 0.346 e. The molecule has 2 rings (SSSR count). The van der Waals surface area contributed by atoms with Crippen molar-refractivity contribution < 1.29 is 24.4 Å². The van der Waals surface area contributed by atoms with Gasteiger partial charge in [0, 0.05) is 12.5 Å². The van der Waals surface area contributed by atoms with Crippen LogP contribution in [0, 0.1) is 10.1 Å². The molecule has 0 fully saturated rings. The first-order valence-electron chi connectivity index (χ1n) is 4.70. The Morgan fingerprint density at radius 1 is 1.53 bits per heavy atom. The molecule has 7 heteroatoms. The van der Waals surface area contributed by atoms with Gasteiger partial charge >= 0.3 is 11.9 Å². The highest BCUT2D eigenvalue weighted by Crippen LogP contribution is 2.28. The molecule has 0 saturated carbocycles. The Bertz CT molecular complexity index is 524. The summed E-state index contributed by atoms with van der Waals surface area (Å²) in [5, 5.41) is 19.5. The highest BCUT2D eigenvalue weighted by molar-refractivity contribution is 5.98. The number of benzene rings is 1. The lowest BCUT2D eigenvalue weighted by molar-refractivity contribution is -0.385. The van der Waals surface area contributed by atoms with Crippen molar-refractivity contribution in [1.29, 1.82) is 0 Å². The summed E-state index contributed by atoms with van der Waals surface area (Å²) in [5.74, 6) is -2.23. The molecule has 1 aliphatic rings. The average Bonchev–Trinajstić information content (AvgIpc) is 2.27. The number of cyclic esters (lactones) is 1. The molecule has 7 nitrogen and oxygen atoms in total. The maximum absolute atomic E-state index is 11.5. The summed E-state index contributed by atoms with van der Waals surface area (Å²) < 4.78 is 4.62. The largest absolute Gasteiger partial charge is 0.478 e. The first kappa shape index (κ1) is 11.1. The van der Waals surface area contributed by atoms with Crippen LogP contribution in [0.15, 0.2) is 18.2 Å². The average molecular weight is 237 g/mol. The fourth-order valence-corrected chi connectivity index (χ4v) is 1.71. The van der Waals surface area contributed by atoms with Gasteiger partial charge in [-0.15, -0.1) is 0 Å². The van der Waals surface area contributed by atoms with Crippen LogP contribution in [-0.4, -0.2) is 28.1 Å². The Morgan fingerprint density at radius 3 is 2.82 bits per heavy atom. The normalized spacial score (nSPS) is 18.1. The zero-order valence-corrected chi connectivity index (χ0v) is 8.45. The molecule has 1 aromatic carbocycles. The zero-order chi connectivity index (χ0) is 12.6. The van der Waals surface area contributed by atoms with E-state index in [1.165, 1.54) is 18.2 Å². The molecule has 1 unspecified atom stereocenters. The van der Waals surface area contributed by atoms with E-state index in [9.17, 15) is 19.7 Å². The van der Waals surface area contributed by atoms with Crippen molar-refractivity contribution in [3.63, 3.8) is 0 Å². The Labute approximate surface area is 94.8 Å². The molecule has 0 saturated heterocycles. The van der Waals surface area contributed by atoms with E-state index in [0.717, 1.165) is 0 Å². The molecule has 1 N–H and O–H groups in total. The van der Waals surface area contributed by atoms with Crippen LogP contribution in [0.2, 0.25) is 0 Å². The van der Waals surface area contributed by atoms with Gasteiger partial charge in [0.15, 0.2) is 0 Å². The molecule has 1 aliphatic heterocycles. The Morgan fingerprint density at radius 2 is 2.24 bits per heavy atom. The predicted octanol–water partition coefficient (Wildman–Crippen LogP) is 0.761. The zero-order valence-electron chi connectivity index (χ0n) is 8.45. The van der Waals surface area contributed by atoms with Gasteiger partial charge in [0.05, 0.1) is 4.92 Å². The summed E-state index contributed by atoms with van der Waals surface area (Å²) in [6, 6.07) is 4.08. The molecule has 1 atom stereocenters. The van der Waals surface area contributed by atoms with Gasteiger partial charge in [-0.05, 0) is 5.56 Å². The molecule has 0 aliphatic carbocycles. The van der Waals surface area contributed by atoms with Crippen molar-refractivity contribution in [3.8, 4) is 0 Å². The van der Waals surface area contributed by atoms with Crippen LogP contribution >= 0.6 is 0 Å². The minimum atomic E-state index is -1.28. The van der Waals surface area contributed by atoms with Crippen molar-refractivity contribution in [2.24, 2.45) is 0 Å². The first-order chi connectivity index (χ1) is 8.00. The lowest BCUT2D eigenvalue weighted by Gasteiger charge is -2.20. The van der Waals surface area contributed by atoms with Crippen molar-refractivity contribution in [1.82, 2.24) is 0 Å². The summed E-state index contributed by atoms with van der Waals surface area (Å²) >= 11 is 0. The molecule has 0 bridgehead atoms. The number of esters is 1. The van der Waals surface area contributed by atoms with Crippen LogP contribution in [0.1, 0.15) is 15.9 Å². The standard InChI is InChI=1S/C10H7NO6/c12-9(13)7-4-5-2-1-3-6(11(15)16)8(5)10(14)17-7/h1-3,7H,4H2,(H,12,13). The highest BCUT2D eigenvalue weighted by Gasteiger charge is 2.35. The van der Waals surface area contributed by atoms with Gasteiger partial charge in [-0.1, -0.05) is 12.1 Å². The Balaban J connectivity index is 2.51. The minimum Gasteiger partial charge on any atom is -0.478 e. The van der Waals surface area contributed by atoms with Crippen LogP contribution in [0.3, 0.4) is 0 Å². The molecule has 0 aromatic heterocycles. The summed E-state index contributed by atoms with van der Waals surface area (Å²) in [7, 11) is 0. The number of nitro benzene ring substituents is 1. The van der Waals surface area contributed by atoms with Crippen LogP contribution in [0.25, 0.3) is 0 Å². The maximum atomic E-state index is 11.5. The van der Waals surface area contributed by atoms with E-state index in [1.54, 1.807) is 0 Å². The fraction of sp³-hybridized carbons (Fsp3) is 0.200. The van der Waals surface area contributed by atoms with Gasteiger partial charge in [0.2, 0.25) is 6.10 Å². The monoisotopic (exact) mass is 237 g/mol. The smallest absolute Gasteiger partial charge is 0.346 e. The van der Waals surface area contributed by atoms with Gasteiger partial charge in [-0.25, -0.2) is 9.59 Å². The number of aliphatic carboxylic acids is 1. The first-order valence-corrected chi connectivity index (χ1v) is 4.70. The Kier molecular flexibility index (Phi) is 2.51. The van der Waals surface area contributed by atoms with Gasteiger partial charge in [0.25, 0.3) is 5.69 Å². The predicted molar refractivity (Wildman–Crippen MR) is 53.6 cm³/mol.